The van der Waals surface area contributed by atoms with Crippen LogP contribution in [0, 0.1) is 43.2 Å². The number of Topliss-reactive ketones (excluding diaryl/α,β-unsaturated/α-hetero) is 2. The van der Waals surface area contributed by atoms with Crippen LogP contribution in [0.25, 0.3) is 12.2 Å². The topological polar surface area (TPSA) is 40.6 Å². The number of nitrogens with zero attached hydrogens (tertiary/aromatic N) is 2. The van der Waals surface area contributed by atoms with Gasteiger partial charge in [-0.05, 0) is 0 Å². The van der Waals surface area contributed by atoms with Gasteiger partial charge in [0.1, 0.15) is 0 Å². The van der Waals surface area contributed by atoms with Crippen LogP contribution in [0.5, 0.6) is 0 Å². The van der Waals surface area contributed by atoms with E-state index in [-0.39, 0.29) is 4.88 Å². The van der Waals surface area contributed by atoms with Crippen molar-refractivity contribution in [1.82, 2.24) is 0 Å². The number of thiophene rings is 1. The van der Waals surface area contributed by atoms with E-state index in [4.69, 9.17) is 0 Å². The van der Waals surface area contributed by atoms with Crippen LogP contribution in [-0.4, -0.2) is 17.7 Å². The van der Waals surface area contributed by atoms with Crippen LogP contribution in [0.2, 0.25) is 0.312 Å². The average Bonchev–Trinajstić information content (AvgIpc) is 3.34. The normalized spacial score (nSPS) is 18.2. The van der Waals surface area contributed by atoms with Gasteiger partial charge in [0.15, 0.2) is 0 Å². The Morgan fingerprint density at radius 2 is 1.55 bits per heavy atom. The predicted octanol–water partition coefficient (Wildman–Crippen LogP) is 3.24. The van der Waals surface area contributed by atoms with Gasteiger partial charge >= 0.3 is 188 Å². The number of halogens is 3. The van der Waals surface area contributed by atoms with Crippen molar-refractivity contribution in [1.29, 1.82) is 0 Å². The average molecular weight is 553 g/mol. The van der Waals surface area contributed by atoms with Crippen molar-refractivity contribution >= 4 is 46.4 Å². The van der Waals surface area contributed by atoms with Gasteiger partial charge in [-0.3, -0.25) is 0 Å². The van der Waals surface area contributed by atoms with E-state index in [0.717, 1.165) is 33.1 Å². The molecule has 0 bridgehead atoms. The van der Waals surface area contributed by atoms with Gasteiger partial charge in [0.25, 0.3) is 0 Å². The third kappa shape index (κ3) is 3.01. The van der Waals surface area contributed by atoms with Gasteiger partial charge in [0.05, 0.1) is 0 Å². The Bertz CT molecular complexity index is 1160. The minimum atomic E-state index is -5.08. The predicted molar refractivity (Wildman–Crippen MR) is 101 cm³/mol. The first-order valence-electron chi connectivity index (χ1n) is 8.54. The fourth-order valence-corrected chi connectivity index (χ4v) is 11.7. The summed E-state index contributed by atoms with van der Waals surface area (Å²) in [6.07, 6.45) is 5.60. The third-order valence-electron chi connectivity index (χ3n) is 4.70. The molecular formula is C20H12EuF3N2O2S. The molecule has 148 valence electrons. The van der Waals surface area contributed by atoms with Crippen LogP contribution in [-0.2, 0) is 4.79 Å². The molecule has 4 heterocycles. The molecule has 9 heteroatoms. The quantitative estimate of drug-likeness (QED) is 0.431. The number of hydrogen-bond acceptors (Lipinski definition) is 5. The first-order valence-corrected chi connectivity index (χ1v) is 13.0. The second kappa shape index (κ2) is 7.01. The van der Waals surface area contributed by atoms with Gasteiger partial charge in [0.2, 0.25) is 0 Å². The molecule has 1 aromatic carbocycles. The van der Waals surface area contributed by atoms with Crippen molar-refractivity contribution in [3.63, 3.8) is 0 Å². The van der Waals surface area contributed by atoms with Gasteiger partial charge in [-0.15, -0.1) is 0 Å². The first kappa shape index (κ1) is 19.4. The fraction of sp³-hybridized carbons (Fsp3) is 0.100. The minimum absolute atomic E-state index is 0.175. The summed E-state index contributed by atoms with van der Waals surface area (Å²) in [5, 5.41) is 3.36. The van der Waals surface area contributed by atoms with Gasteiger partial charge in [-0.25, -0.2) is 0 Å². The van der Waals surface area contributed by atoms with Gasteiger partial charge in [-0.1, -0.05) is 0 Å². The molecule has 0 saturated heterocycles. The second-order valence-electron chi connectivity index (χ2n) is 6.42. The van der Waals surface area contributed by atoms with Gasteiger partial charge in [-0.2, -0.15) is 0 Å². The molecule has 0 spiro atoms. The zero-order valence-electron chi connectivity index (χ0n) is 14.6. The van der Waals surface area contributed by atoms with Gasteiger partial charge in [0, 0.05) is 0 Å². The van der Waals surface area contributed by atoms with Crippen LogP contribution in [0.4, 0.5) is 24.5 Å². The molecule has 1 aromatic heterocycles. The molecule has 1 unspecified atom stereocenters. The Labute approximate surface area is 186 Å². The van der Waals surface area contributed by atoms with E-state index in [9.17, 15) is 22.8 Å². The summed E-state index contributed by atoms with van der Waals surface area (Å²) < 4.78 is 42.6. The Morgan fingerprint density at radius 1 is 0.966 bits per heavy atom. The number of benzene rings is 1. The van der Waals surface area contributed by atoms with Crippen LogP contribution < -0.4 is 10.1 Å². The maximum absolute atomic E-state index is 13.6. The van der Waals surface area contributed by atoms with Crippen LogP contribution in [0.1, 0.15) is 9.67 Å². The SMILES string of the molecule is O=C(c1cccs1)[CH](C(=O)C(F)(F)F)[Eu]1[N]2C=CC=c3ccc4c(c32)[N]1C=CC=4. The van der Waals surface area contributed by atoms with Crippen LogP contribution in [0.3, 0.4) is 0 Å². The van der Waals surface area contributed by atoms with Crippen molar-refractivity contribution in [2.45, 2.75) is 6.49 Å². The molecule has 0 amide bonds. The van der Waals surface area contributed by atoms with Crippen molar-refractivity contribution in [3.8, 4) is 0 Å². The van der Waals surface area contributed by atoms with E-state index >= 15 is 0 Å². The van der Waals surface area contributed by atoms with Crippen molar-refractivity contribution in [3.05, 3.63) is 69.5 Å². The standard InChI is InChI=1S/C12H8N2.C8H4F3O2S.Eu/c1-3-9-5-6-10-4-2-8-14-12(10)11(9)13-7-1;9-8(10,11)7(13)4-5(12)6-2-1-3-14-6;/h1-8H;1-4H;/q-2;;+2. The van der Waals surface area contributed by atoms with E-state index in [0.29, 0.717) is 0 Å². The fourth-order valence-electron chi connectivity index (χ4n) is 3.49. The number of anilines is 2. The zero-order valence-corrected chi connectivity index (χ0v) is 17.8. The Morgan fingerprint density at radius 3 is 2.03 bits per heavy atom. The van der Waals surface area contributed by atoms with Crippen LogP contribution in [0.15, 0.2) is 54.2 Å². The molecule has 0 saturated carbocycles. The third-order valence-corrected chi connectivity index (χ3v) is 12.3. The van der Waals surface area contributed by atoms with E-state index in [1.807, 2.05) is 24.3 Å². The summed E-state index contributed by atoms with van der Waals surface area (Å²) in [6, 6.07) is 6.89. The molecule has 0 N–H and O–H groups in total. The molecule has 3 aliphatic rings. The monoisotopic (exact) mass is 554 g/mol. The van der Waals surface area contributed by atoms with Gasteiger partial charge < -0.3 is 0 Å². The molecule has 0 fully saturated rings. The molecule has 0 aliphatic carbocycles. The number of alkyl halides is 3. The number of carbonyl (C=O) groups excluding carboxylic acids is 2. The van der Waals surface area contributed by atoms with Crippen LogP contribution >= 0.6 is 11.3 Å². The van der Waals surface area contributed by atoms with Crippen molar-refractivity contribution in [2.24, 2.45) is 0 Å². The number of allylic oxidation sites excluding steroid dienone is 2. The van der Waals surface area contributed by atoms with Crippen molar-refractivity contribution < 1.29 is 65.9 Å². The second-order valence-corrected chi connectivity index (χ2v) is 12.8. The summed E-state index contributed by atoms with van der Waals surface area (Å²) in [5.41, 5.74) is 1.57. The van der Waals surface area contributed by atoms with E-state index in [2.05, 4.69) is 0 Å². The van der Waals surface area contributed by atoms with E-state index in [1.54, 1.807) is 35.7 Å². The summed E-state index contributed by atoms with van der Waals surface area (Å²) in [7, 11) is 0. The summed E-state index contributed by atoms with van der Waals surface area (Å²) in [6.45, 7) is 0. The molecule has 2 aromatic rings. The van der Waals surface area contributed by atoms with E-state index < -0.39 is 61.2 Å². The maximum atomic E-state index is 13.6. The van der Waals surface area contributed by atoms with Crippen molar-refractivity contribution in [2.75, 3.05) is -0.309 Å². The molecule has 4 nitrogen and oxygen atoms in total. The molecule has 1 atom stereocenters. The first-order chi connectivity index (χ1) is 13.9. The van der Waals surface area contributed by atoms with E-state index in [1.165, 1.54) is 6.07 Å². The summed E-state index contributed by atoms with van der Waals surface area (Å²) >= 11 is -2.55. The number of hydrogen-bond donors (Lipinski definition) is 0. The summed E-state index contributed by atoms with van der Waals surface area (Å²) in [4.78, 5) is 25.9. The molecular weight excluding hydrogens is 541 g/mol. The number of rotatable bonds is 4. The molecule has 0 radical (unpaired) electrons. The Balaban J connectivity index is 1.72. The zero-order chi connectivity index (χ0) is 20.3. The molecule has 29 heavy (non-hydrogen) atoms. The molecule has 5 rings (SSSR count). The Hall–Kier alpha value is -1.55. The Kier molecular flexibility index (Phi) is 4.69. The number of ketones is 2. The number of carbonyl (C=O) groups is 2. The summed E-state index contributed by atoms with van der Waals surface area (Å²) in [5.74, 6) is -2.70. The molecule has 3 aliphatic heterocycles.